The number of likely N-dealkylation sites (tertiary alicyclic amines) is 1. The van der Waals surface area contributed by atoms with E-state index < -0.39 is 6.03 Å². The molecule has 7 heteroatoms. The van der Waals surface area contributed by atoms with Crippen LogP contribution in [-0.4, -0.2) is 62.5 Å². The van der Waals surface area contributed by atoms with Crippen molar-refractivity contribution in [3.8, 4) is 0 Å². The number of piperidine rings is 1. The van der Waals surface area contributed by atoms with Crippen molar-refractivity contribution in [2.24, 2.45) is 5.92 Å². The molecule has 2 heterocycles. The minimum Gasteiger partial charge on any atom is -0.350 e. The Kier molecular flexibility index (Phi) is 6.41. The summed E-state index contributed by atoms with van der Waals surface area (Å²) in [5, 5.41) is 4.97. The average molecular weight is 299 g/mol. The molecule has 2 aliphatic heterocycles. The number of hydrogen-bond donors (Lipinski definition) is 2. The first kappa shape index (κ1) is 16.2. The molecule has 2 saturated heterocycles. The van der Waals surface area contributed by atoms with Crippen LogP contribution in [-0.2, 0) is 14.3 Å². The van der Waals surface area contributed by atoms with Gasteiger partial charge >= 0.3 is 6.03 Å². The van der Waals surface area contributed by atoms with E-state index in [1.807, 2.05) is 6.92 Å². The zero-order chi connectivity index (χ0) is 15.1. The van der Waals surface area contributed by atoms with Gasteiger partial charge in [0.1, 0.15) is 0 Å². The summed E-state index contributed by atoms with van der Waals surface area (Å²) in [6, 6.07) is -0.413. The van der Waals surface area contributed by atoms with Crippen molar-refractivity contribution >= 4 is 11.9 Å². The standard InChI is InChI=1S/C14H25N3O4/c1-2-5-15-14(19)16-12(18)10-17-6-3-11(4-7-17)13-20-8-9-21-13/h11,13H,2-10H2,1H3,(H2,15,16,18,19). The molecule has 0 radical (unpaired) electrons. The Bertz CT molecular complexity index is 350. The summed E-state index contributed by atoms with van der Waals surface area (Å²) in [4.78, 5) is 25.2. The third kappa shape index (κ3) is 5.26. The van der Waals surface area contributed by atoms with Gasteiger partial charge in [-0.05, 0) is 32.4 Å². The smallest absolute Gasteiger partial charge is 0.321 e. The van der Waals surface area contributed by atoms with Gasteiger partial charge in [-0.15, -0.1) is 0 Å². The van der Waals surface area contributed by atoms with Crippen molar-refractivity contribution in [2.45, 2.75) is 32.5 Å². The van der Waals surface area contributed by atoms with Crippen LogP contribution >= 0.6 is 0 Å². The maximum Gasteiger partial charge on any atom is 0.321 e. The van der Waals surface area contributed by atoms with Crippen LogP contribution in [0.5, 0.6) is 0 Å². The minimum absolute atomic E-state index is 0.0687. The molecule has 0 saturated carbocycles. The first-order chi connectivity index (χ1) is 10.2. The SMILES string of the molecule is CCCNC(=O)NC(=O)CN1CCC(C2OCCO2)CC1. The minimum atomic E-state index is -0.413. The molecule has 0 aromatic carbocycles. The second-order valence-corrected chi connectivity index (χ2v) is 5.53. The number of urea groups is 1. The highest BCUT2D eigenvalue weighted by Gasteiger charge is 2.30. The molecule has 120 valence electrons. The molecule has 3 amide bonds. The third-order valence-electron chi connectivity index (χ3n) is 3.82. The second-order valence-electron chi connectivity index (χ2n) is 5.53. The van der Waals surface area contributed by atoms with Gasteiger partial charge in [-0.3, -0.25) is 15.0 Å². The van der Waals surface area contributed by atoms with Gasteiger partial charge in [-0.2, -0.15) is 0 Å². The van der Waals surface area contributed by atoms with Gasteiger partial charge in [-0.25, -0.2) is 4.79 Å². The molecule has 2 rings (SSSR count). The van der Waals surface area contributed by atoms with Crippen molar-refractivity contribution in [3.05, 3.63) is 0 Å². The zero-order valence-electron chi connectivity index (χ0n) is 12.6. The fraction of sp³-hybridized carbons (Fsp3) is 0.857. The Hall–Kier alpha value is -1.18. The molecule has 0 bridgehead atoms. The highest BCUT2D eigenvalue weighted by molar-refractivity contribution is 5.95. The van der Waals surface area contributed by atoms with E-state index >= 15 is 0 Å². The maximum absolute atomic E-state index is 11.8. The molecular weight excluding hydrogens is 274 g/mol. The van der Waals surface area contributed by atoms with E-state index in [1.54, 1.807) is 0 Å². The quantitative estimate of drug-likeness (QED) is 0.763. The van der Waals surface area contributed by atoms with Crippen molar-refractivity contribution < 1.29 is 19.1 Å². The van der Waals surface area contributed by atoms with Crippen LogP contribution in [0.3, 0.4) is 0 Å². The number of nitrogens with zero attached hydrogens (tertiary/aromatic N) is 1. The molecule has 7 nitrogen and oxygen atoms in total. The molecule has 0 aliphatic carbocycles. The monoisotopic (exact) mass is 299 g/mol. The van der Waals surface area contributed by atoms with E-state index in [1.165, 1.54) is 0 Å². The summed E-state index contributed by atoms with van der Waals surface area (Å²) in [7, 11) is 0. The van der Waals surface area contributed by atoms with Crippen molar-refractivity contribution in [1.29, 1.82) is 0 Å². The number of rotatable bonds is 5. The number of carbonyl (C=O) groups is 2. The molecule has 21 heavy (non-hydrogen) atoms. The average Bonchev–Trinajstić information content (AvgIpc) is 3.00. The van der Waals surface area contributed by atoms with E-state index in [0.717, 1.165) is 32.4 Å². The van der Waals surface area contributed by atoms with Crippen LogP contribution in [0.15, 0.2) is 0 Å². The van der Waals surface area contributed by atoms with Gasteiger partial charge in [0.15, 0.2) is 6.29 Å². The highest BCUT2D eigenvalue weighted by atomic mass is 16.7. The second kappa shape index (κ2) is 8.31. The molecule has 0 aromatic rings. The number of hydrogen-bond acceptors (Lipinski definition) is 5. The van der Waals surface area contributed by atoms with Crippen LogP contribution in [0.25, 0.3) is 0 Å². The lowest BCUT2D eigenvalue weighted by molar-refractivity contribution is -0.122. The Labute approximate surface area is 125 Å². The fourth-order valence-electron chi connectivity index (χ4n) is 2.68. The predicted molar refractivity (Wildman–Crippen MR) is 76.7 cm³/mol. The van der Waals surface area contributed by atoms with Gasteiger partial charge in [0.2, 0.25) is 5.91 Å². The number of nitrogens with one attached hydrogen (secondary N) is 2. The van der Waals surface area contributed by atoms with Gasteiger partial charge in [0, 0.05) is 12.5 Å². The van der Waals surface area contributed by atoms with Crippen LogP contribution in [0.2, 0.25) is 0 Å². The maximum atomic E-state index is 11.8. The molecule has 2 aliphatic rings. The van der Waals surface area contributed by atoms with Gasteiger partial charge in [0.05, 0.1) is 19.8 Å². The summed E-state index contributed by atoms with van der Waals surface area (Å²) in [6.45, 7) is 5.82. The van der Waals surface area contributed by atoms with Crippen LogP contribution in [0.1, 0.15) is 26.2 Å². The molecule has 0 unspecified atom stereocenters. The van der Waals surface area contributed by atoms with E-state index in [-0.39, 0.29) is 18.7 Å². The first-order valence-corrected chi connectivity index (χ1v) is 7.72. The molecule has 2 N–H and O–H groups in total. The Morgan fingerprint density at radius 1 is 1.19 bits per heavy atom. The lowest BCUT2D eigenvalue weighted by Crippen LogP contribution is -2.47. The largest absolute Gasteiger partial charge is 0.350 e. The fourth-order valence-corrected chi connectivity index (χ4v) is 2.68. The number of ether oxygens (including phenoxy) is 2. The van der Waals surface area contributed by atoms with Crippen molar-refractivity contribution in [2.75, 3.05) is 39.4 Å². The zero-order valence-corrected chi connectivity index (χ0v) is 12.6. The Morgan fingerprint density at radius 2 is 1.86 bits per heavy atom. The summed E-state index contributed by atoms with van der Waals surface area (Å²) in [5.41, 5.74) is 0. The lowest BCUT2D eigenvalue weighted by atomic mass is 9.96. The van der Waals surface area contributed by atoms with E-state index in [0.29, 0.717) is 25.7 Å². The summed E-state index contributed by atoms with van der Waals surface area (Å²) < 4.78 is 11.1. The Morgan fingerprint density at radius 3 is 2.48 bits per heavy atom. The molecule has 0 spiro atoms. The predicted octanol–water partition coefficient (Wildman–Crippen LogP) is 0.307. The summed E-state index contributed by atoms with van der Waals surface area (Å²) >= 11 is 0. The number of carbonyl (C=O) groups excluding carboxylic acids is 2. The van der Waals surface area contributed by atoms with Gasteiger partial charge < -0.3 is 14.8 Å². The number of imide groups is 1. The molecule has 0 aromatic heterocycles. The van der Waals surface area contributed by atoms with Gasteiger partial charge in [0.25, 0.3) is 0 Å². The van der Waals surface area contributed by atoms with E-state index in [9.17, 15) is 9.59 Å². The van der Waals surface area contributed by atoms with Crippen LogP contribution < -0.4 is 10.6 Å². The van der Waals surface area contributed by atoms with Crippen LogP contribution in [0, 0.1) is 5.92 Å². The summed E-state index contributed by atoms with van der Waals surface area (Å²) in [5.74, 6) is 0.162. The Balaban J connectivity index is 1.63. The normalized spacial score (nSPS) is 21.4. The molecular formula is C14H25N3O4. The van der Waals surface area contributed by atoms with Crippen molar-refractivity contribution in [1.82, 2.24) is 15.5 Å². The van der Waals surface area contributed by atoms with E-state index in [4.69, 9.17) is 9.47 Å². The van der Waals surface area contributed by atoms with Crippen molar-refractivity contribution in [3.63, 3.8) is 0 Å². The van der Waals surface area contributed by atoms with Gasteiger partial charge in [-0.1, -0.05) is 6.92 Å². The highest BCUT2D eigenvalue weighted by Crippen LogP contribution is 2.25. The summed E-state index contributed by atoms with van der Waals surface area (Å²) in [6.07, 6.45) is 2.70. The third-order valence-corrected chi connectivity index (χ3v) is 3.82. The topological polar surface area (TPSA) is 79.9 Å². The molecule has 2 fully saturated rings. The molecule has 0 atom stereocenters. The van der Waals surface area contributed by atoms with Crippen LogP contribution in [0.4, 0.5) is 4.79 Å². The first-order valence-electron chi connectivity index (χ1n) is 7.72. The van der Waals surface area contributed by atoms with E-state index in [2.05, 4.69) is 15.5 Å². The number of amides is 3. The lowest BCUT2D eigenvalue weighted by Gasteiger charge is -2.33.